The number of hydrogen-bond donors (Lipinski definition) is 2. The summed E-state index contributed by atoms with van der Waals surface area (Å²) >= 11 is 7.03. The first-order valence-corrected chi connectivity index (χ1v) is 12.6. The van der Waals surface area contributed by atoms with Crippen LogP contribution in [0.2, 0.25) is 5.02 Å². The van der Waals surface area contributed by atoms with Crippen molar-refractivity contribution in [3.63, 3.8) is 0 Å². The molecule has 1 amide bonds. The predicted octanol–water partition coefficient (Wildman–Crippen LogP) is 5.12. The monoisotopic (exact) mass is 522 g/mol. The second-order valence-electron chi connectivity index (χ2n) is 7.58. The van der Waals surface area contributed by atoms with Crippen molar-refractivity contribution in [3.8, 4) is 11.1 Å². The third kappa shape index (κ3) is 4.82. The van der Waals surface area contributed by atoms with Gasteiger partial charge in [-0.1, -0.05) is 23.7 Å². The van der Waals surface area contributed by atoms with Crippen LogP contribution in [0.3, 0.4) is 0 Å². The fourth-order valence-corrected chi connectivity index (χ4v) is 6.06. The van der Waals surface area contributed by atoms with Gasteiger partial charge in [-0.05, 0) is 53.3 Å². The zero-order valence-electron chi connectivity index (χ0n) is 17.6. The number of benzene rings is 2. The summed E-state index contributed by atoms with van der Waals surface area (Å²) in [6.07, 6.45) is 0.126. The molecule has 12 heteroatoms. The summed E-state index contributed by atoms with van der Waals surface area (Å²) < 4.78 is 56.4. The molecule has 3 aromatic rings. The average molecular weight is 523 g/mol. The minimum Gasteiger partial charge on any atom is -0.325 e. The van der Waals surface area contributed by atoms with Crippen LogP contribution >= 0.6 is 22.9 Å². The Balaban J connectivity index is 1.58. The van der Waals surface area contributed by atoms with Crippen molar-refractivity contribution in [2.75, 3.05) is 12.4 Å². The summed E-state index contributed by atoms with van der Waals surface area (Å²) in [5.41, 5.74) is 1.36. The number of carbonyl (C=O) groups is 1. The van der Waals surface area contributed by atoms with Gasteiger partial charge in [-0.2, -0.15) is 17.4 Å². The molecule has 4 rings (SSSR count). The molecule has 0 spiro atoms. The summed E-state index contributed by atoms with van der Waals surface area (Å²) in [5, 5.41) is 4.16. The van der Waals surface area contributed by atoms with Gasteiger partial charge in [0.1, 0.15) is 17.7 Å². The van der Waals surface area contributed by atoms with E-state index in [1.54, 1.807) is 17.5 Å². The van der Waals surface area contributed by atoms with Crippen molar-refractivity contribution in [1.82, 2.24) is 9.03 Å². The molecule has 1 aliphatic heterocycles. The lowest BCUT2D eigenvalue weighted by molar-refractivity contribution is -0.120. The Hall–Kier alpha value is -2.88. The molecule has 0 unspecified atom stereocenters. The zero-order valence-corrected chi connectivity index (χ0v) is 19.9. The summed E-state index contributed by atoms with van der Waals surface area (Å²) in [4.78, 5) is 16.7. The van der Waals surface area contributed by atoms with Crippen LogP contribution in [0.4, 0.5) is 20.2 Å². The molecule has 0 radical (unpaired) electrons. The van der Waals surface area contributed by atoms with E-state index in [0.717, 1.165) is 10.4 Å². The van der Waals surface area contributed by atoms with E-state index in [-0.39, 0.29) is 22.8 Å². The Morgan fingerprint density at radius 2 is 1.97 bits per heavy atom. The third-order valence-corrected chi connectivity index (χ3v) is 8.35. The van der Waals surface area contributed by atoms with Crippen LogP contribution in [-0.2, 0) is 15.0 Å². The maximum atomic E-state index is 14.0. The van der Waals surface area contributed by atoms with Gasteiger partial charge in [0.15, 0.2) is 0 Å². The molecule has 0 bridgehead atoms. The van der Waals surface area contributed by atoms with Gasteiger partial charge in [0.25, 0.3) is 10.2 Å². The molecule has 1 saturated heterocycles. The van der Waals surface area contributed by atoms with Crippen LogP contribution in [0.15, 0.2) is 47.8 Å². The first-order valence-electron chi connectivity index (χ1n) is 9.86. The van der Waals surface area contributed by atoms with E-state index in [2.05, 4.69) is 14.9 Å². The predicted molar refractivity (Wildman–Crippen MR) is 127 cm³/mol. The Morgan fingerprint density at radius 1 is 1.21 bits per heavy atom. The Morgan fingerprint density at radius 3 is 2.65 bits per heavy atom. The average Bonchev–Trinajstić information content (AvgIpc) is 3.28. The highest BCUT2D eigenvalue weighted by atomic mass is 35.5. The highest BCUT2D eigenvalue weighted by molar-refractivity contribution is 7.87. The third-order valence-electron chi connectivity index (χ3n) is 5.42. The van der Waals surface area contributed by atoms with Crippen molar-refractivity contribution < 1.29 is 22.0 Å². The van der Waals surface area contributed by atoms with Crippen molar-refractivity contribution in [3.05, 3.63) is 80.8 Å². The second-order valence-corrected chi connectivity index (χ2v) is 10.7. The Labute approximate surface area is 204 Å². The van der Waals surface area contributed by atoms with Crippen molar-refractivity contribution in [1.29, 1.82) is 0 Å². The molecule has 2 aromatic carbocycles. The molecule has 2 heterocycles. The maximum Gasteiger partial charge on any atom is 0.280 e. The molecular weight excluding hydrogens is 506 g/mol. The number of nitrogens with one attached hydrogen (secondary N) is 2. The van der Waals surface area contributed by atoms with Gasteiger partial charge >= 0.3 is 0 Å². The Kier molecular flexibility index (Phi) is 6.71. The van der Waals surface area contributed by atoms with Crippen molar-refractivity contribution in [2.24, 2.45) is 0 Å². The number of carbonyl (C=O) groups excluding carboxylic acids is 1. The lowest BCUT2D eigenvalue weighted by Gasteiger charge is -2.35. The minimum atomic E-state index is -3.98. The van der Waals surface area contributed by atoms with E-state index < -0.39 is 39.8 Å². The first-order chi connectivity index (χ1) is 16.1. The molecule has 2 N–H and O–H groups in total. The van der Waals surface area contributed by atoms with Gasteiger partial charge in [-0.25, -0.2) is 13.6 Å². The summed E-state index contributed by atoms with van der Waals surface area (Å²) in [7, 11) is -2.69. The van der Waals surface area contributed by atoms with Gasteiger partial charge in [0, 0.05) is 17.6 Å². The minimum absolute atomic E-state index is 0.0847. The van der Waals surface area contributed by atoms with Crippen LogP contribution in [-0.4, -0.2) is 31.7 Å². The number of nitrogens with zero attached hydrogens (tertiary/aromatic N) is 2. The SMILES string of the molecule is [C-]#[N+]c1ccc(-c2csc([C@H]3C[C@@H](C(=O)Nc4ccc(F)c(Cl)c4)N(C)S(=O)(=O)N3)c2)cc1F. The van der Waals surface area contributed by atoms with Crippen LogP contribution in [0, 0.1) is 18.2 Å². The number of hydrogen-bond acceptors (Lipinski definition) is 4. The molecule has 2 atom stereocenters. The highest BCUT2D eigenvalue weighted by Crippen LogP contribution is 2.36. The number of amides is 1. The van der Waals surface area contributed by atoms with E-state index in [9.17, 15) is 22.0 Å². The molecule has 1 aliphatic rings. The highest BCUT2D eigenvalue weighted by Gasteiger charge is 2.41. The molecular formula is C22H17ClF2N4O3S2. The molecule has 7 nitrogen and oxygen atoms in total. The van der Waals surface area contributed by atoms with E-state index in [1.807, 2.05) is 0 Å². The van der Waals surface area contributed by atoms with E-state index in [0.29, 0.717) is 16.0 Å². The van der Waals surface area contributed by atoms with E-state index in [4.69, 9.17) is 18.2 Å². The number of thiophene rings is 1. The number of anilines is 1. The number of halogens is 3. The fourth-order valence-electron chi connectivity index (χ4n) is 3.56. The summed E-state index contributed by atoms with van der Waals surface area (Å²) in [5.74, 6) is -1.87. The molecule has 34 heavy (non-hydrogen) atoms. The lowest BCUT2D eigenvalue weighted by atomic mass is 10.0. The number of rotatable bonds is 4. The quantitative estimate of drug-likeness (QED) is 0.467. The van der Waals surface area contributed by atoms with E-state index in [1.165, 1.54) is 42.6 Å². The standard InChI is InChI=1S/C22H17ClF2N4O3S2/c1-26-18-6-3-12(7-17(18)25)13-8-21(33-11-13)19-10-20(29(2)34(31,32)28-19)22(30)27-14-4-5-16(24)15(23)9-14/h3-9,11,19-20,28H,10H2,2H3,(H,27,30)/t19-,20+/m1/s1. The van der Waals surface area contributed by atoms with Crippen molar-refractivity contribution in [2.45, 2.75) is 18.5 Å². The van der Waals surface area contributed by atoms with Crippen LogP contribution < -0.4 is 10.0 Å². The molecule has 1 aromatic heterocycles. The normalized spacial score (nSPS) is 20.0. The molecule has 0 saturated carbocycles. The van der Waals surface area contributed by atoms with Gasteiger partial charge in [-0.15, -0.1) is 11.3 Å². The topological polar surface area (TPSA) is 82.9 Å². The molecule has 0 aliphatic carbocycles. The van der Waals surface area contributed by atoms with Crippen molar-refractivity contribution >= 4 is 50.4 Å². The largest absolute Gasteiger partial charge is 0.325 e. The van der Waals surface area contributed by atoms with E-state index >= 15 is 0 Å². The van der Waals surface area contributed by atoms with Crippen LogP contribution in [0.25, 0.3) is 16.0 Å². The summed E-state index contributed by atoms with van der Waals surface area (Å²) in [6, 6.07) is 7.92. The smallest absolute Gasteiger partial charge is 0.280 e. The maximum absolute atomic E-state index is 14.0. The van der Waals surface area contributed by atoms with Crippen LogP contribution in [0.1, 0.15) is 17.3 Å². The zero-order chi connectivity index (χ0) is 24.6. The number of likely N-dealkylation sites (N-methyl/N-ethyl adjacent to an activating group) is 1. The van der Waals surface area contributed by atoms with Gasteiger partial charge in [-0.3, -0.25) is 4.79 Å². The molecule has 1 fully saturated rings. The fraction of sp³-hybridized carbons (Fsp3) is 0.182. The van der Waals surface area contributed by atoms with Crippen LogP contribution in [0.5, 0.6) is 0 Å². The molecule has 176 valence electrons. The van der Waals surface area contributed by atoms with Gasteiger partial charge in [0.2, 0.25) is 11.6 Å². The first kappa shape index (κ1) is 24.3. The summed E-state index contributed by atoms with van der Waals surface area (Å²) in [6.45, 7) is 6.96. The lowest BCUT2D eigenvalue weighted by Crippen LogP contribution is -2.55. The van der Waals surface area contributed by atoms with Gasteiger partial charge < -0.3 is 5.32 Å². The second kappa shape index (κ2) is 9.40. The van der Waals surface area contributed by atoms with Gasteiger partial charge in [0.05, 0.1) is 17.6 Å². The Bertz CT molecular complexity index is 1420.